The summed E-state index contributed by atoms with van der Waals surface area (Å²) in [6.45, 7) is 4.24. The van der Waals surface area contributed by atoms with Gasteiger partial charge in [0.15, 0.2) is 0 Å². The maximum Gasteiger partial charge on any atom is 0.215 e. The van der Waals surface area contributed by atoms with Gasteiger partial charge < -0.3 is 10.6 Å². The summed E-state index contributed by atoms with van der Waals surface area (Å²) in [5.74, 6) is 1.74. The van der Waals surface area contributed by atoms with E-state index in [9.17, 15) is 4.79 Å². The quantitative estimate of drug-likeness (QED) is 0.872. The van der Waals surface area contributed by atoms with Crippen molar-refractivity contribution in [3.63, 3.8) is 0 Å². The summed E-state index contributed by atoms with van der Waals surface area (Å²) in [7, 11) is 0. The summed E-state index contributed by atoms with van der Waals surface area (Å²) < 4.78 is 0. The Bertz CT molecular complexity index is 706. The second-order valence-corrected chi connectivity index (χ2v) is 5.99. The molecule has 0 radical (unpaired) electrons. The Hall–Kier alpha value is -2.43. The highest BCUT2D eigenvalue weighted by Crippen LogP contribution is 2.24. The van der Waals surface area contributed by atoms with Crippen molar-refractivity contribution in [2.45, 2.75) is 26.2 Å². The zero-order valence-electron chi connectivity index (χ0n) is 13.4. The summed E-state index contributed by atoms with van der Waals surface area (Å²) in [4.78, 5) is 23.4. The standard InChI is InChI=1S/C18H22N4O.3H2/c1-2-13-8-11-22(12-9-13)16-7-3-6-15(21-16)17(23)14-5-4-10-20-18(14)19;;;/h3-7,10,13H,2,8-9,11-12H2,1H3,(H2,19,20);3*1H. The van der Waals surface area contributed by atoms with Crippen LogP contribution < -0.4 is 10.6 Å². The van der Waals surface area contributed by atoms with Crippen LogP contribution in [0.5, 0.6) is 0 Å². The normalized spacial score (nSPS) is 15.6. The fourth-order valence-electron chi connectivity index (χ4n) is 3.04. The van der Waals surface area contributed by atoms with Crippen molar-refractivity contribution < 1.29 is 9.07 Å². The molecule has 0 saturated carbocycles. The number of rotatable bonds is 4. The van der Waals surface area contributed by atoms with Gasteiger partial charge in [-0.25, -0.2) is 9.97 Å². The molecular weight excluding hydrogens is 288 g/mol. The van der Waals surface area contributed by atoms with Crippen molar-refractivity contribution in [2.75, 3.05) is 23.7 Å². The molecule has 0 aromatic carbocycles. The number of aromatic nitrogens is 2. The Morgan fingerprint density at radius 1 is 1.30 bits per heavy atom. The van der Waals surface area contributed by atoms with E-state index >= 15 is 0 Å². The van der Waals surface area contributed by atoms with E-state index < -0.39 is 0 Å². The van der Waals surface area contributed by atoms with Gasteiger partial charge in [-0.1, -0.05) is 19.4 Å². The van der Waals surface area contributed by atoms with Gasteiger partial charge in [-0.2, -0.15) is 0 Å². The lowest BCUT2D eigenvalue weighted by atomic mass is 9.94. The van der Waals surface area contributed by atoms with E-state index in [1.807, 2.05) is 12.1 Å². The van der Waals surface area contributed by atoms with Crippen molar-refractivity contribution in [3.05, 3.63) is 47.8 Å². The first-order valence-corrected chi connectivity index (χ1v) is 8.16. The van der Waals surface area contributed by atoms with Crippen LogP contribution in [0.4, 0.5) is 11.6 Å². The maximum absolute atomic E-state index is 12.6. The van der Waals surface area contributed by atoms with E-state index in [0.29, 0.717) is 11.3 Å². The van der Waals surface area contributed by atoms with E-state index in [2.05, 4.69) is 21.8 Å². The Labute approximate surface area is 141 Å². The molecule has 0 spiro atoms. The number of hydrogen-bond donors (Lipinski definition) is 1. The van der Waals surface area contributed by atoms with Crippen LogP contribution in [-0.2, 0) is 0 Å². The third-order valence-electron chi connectivity index (χ3n) is 4.57. The van der Waals surface area contributed by atoms with Crippen LogP contribution in [0.15, 0.2) is 36.5 Å². The number of nitrogens with two attached hydrogens (primary N) is 1. The molecule has 23 heavy (non-hydrogen) atoms. The number of pyridine rings is 2. The highest BCUT2D eigenvalue weighted by Gasteiger charge is 2.20. The average molecular weight is 316 g/mol. The fourth-order valence-corrected chi connectivity index (χ4v) is 3.04. The van der Waals surface area contributed by atoms with Crippen LogP contribution in [0.25, 0.3) is 0 Å². The Balaban J connectivity index is 0.00000208. The number of carbonyl (C=O) groups excluding carboxylic acids is 1. The topological polar surface area (TPSA) is 72.1 Å². The average Bonchev–Trinajstić information content (AvgIpc) is 2.62. The number of nitrogen functional groups attached to an aromatic ring is 1. The van der Waals surface area contributed by atoms with Gasteiger partial charge in [-0.3, -0.25) is 4.79 Å². The summed E-state index contributed by atoms with van der Waals surface area (Å²) in [6, 6.07) is 8.98. The molecule has 5 nitrogen and oxygen atoms in total. The molecule has 3 rings (SSSR count). The van der Waals surface area contributed by atoms with Crippen LogP contribution in [0, 0.1) is 5.92 Å². The predicted octanol–water partition coefficient (Wildman–Crippen LogP) is 3.65. The van der Waals surface area contributed by atoms with Crippen molar-refractivity contribution >= 4 is 17.4 Å². The fraction of sp³-hybridized carbons (Fsp3) is 0.389. The van der Waals surface area contributed by atoms with Crippen LogP contribution in [0.2, 0.25) is 0 Å². The van der Waals surface area contributed by atoms with E-state index in [-0.39, 0.29) is 15.9 Å². The van der Waals surface area contributed by atoms with E-state index in [1.165, 1.54) is 19.3 Å². The van der Waals surface area contributed by atoms with Gasteiger partial charge in [0, 0.05) is 23.6 Å². The third kappa shape index (κ3) is 3.33. The minimum absolute atomic E-state index is 0. The molecule has 0 atom stereocenters. The molecule has 2 aromatic rings. The Morgan fingerprint density at radius 3 is 2.78 bits per heavy atom. The smallest absolute Gasteiger partial charge is 0.215 e. The van der Waals surface area contributed by atoms with E-state index in [0.717, 1.165) is 24.8 Å². The number of hydrogen-bond acceptors (Lipinski definition) is 5. The molecule has 2 aromatic heterocycles. The van der Waals surface area contributed by atoms with Crippen LogP contribution in [0.1, 0.15) is 46.5 Å². The number of piperidine rings is 1. The van der Waals surface area contributed by atoms with Crippen molar-refractivity contribution in [1.82, 2.24) is 9.97 Å². The molecule has 3 heterocycles. The van der Waals surface area contributed by atoms with Crippen molar-refractivity contribution in [2.24, 2.45) is 5.92 Å². The van der Waals surface area contributed by atoms with Gasteiger partial charge in [0.1, 0.15) is 17.3 Å². The third-order valence-corrected chi connectivity index (χ3v) is 4.57. The SMILES string of the molecule is CCC1CCN(c2cccc(C(=O)c3cccnc3N)n2)CC1.[HH].[HH].[HH]. The number of nitrogens with zero attached hydrogens (tertiary/aromatic N) is 3. The molecule has 0 unspecified atom stereocenters. The first-order chi connectivity index (χ1) is 11.2. The molecule has 1 aliphatic heterocycles. The van der Waals surface area contributed by atoms with Gasteiger partial charge in [-0.15, -0.1) is 0 Å². The molecule has 0 bridgehead atoms. The lowest BCUT2D eigenvalue weighted by Crippen LogP contribution is -2.34. The largest absolute Gasteiger partial charge is 0.383 e. The number of anilines is 2. The lowest BCUT2D eigenvalue weighted by molar-refractivity contribution is 0.103. The molecule has 0 amide bonds. The van der Waals surface area contributed by atoms with Gasteiger partial charge in [0.25, 0.3) is 0 Å². The first-order valence-electron chi connectivity index (χ1n) is 8.16. The highest BCUT2D eigenvalue weighted by atomic mass is 16.1. The molecule has 0 aliphatic carbocycles. The van der Waals surface area contributed by atoms with Gasteiger partial charge in [0.2, 0.25) is 5.78 Å². The monoisotopic (exact) mass is 316 g/mol. The summed E-state index contributed by atoms with van der Waals surface area (Å²) >= 11 is 0. The Morgan fingerprint density at radius 2 is 2.09 bits per heavy atom. The van der Waals surface area contributed by atoms with Gasteiger partial charge >= 0.3 is 0 Å². The second kappa shape index (κ2) is 6.77. The molecule has 2 N–H and O–H groups in total. The second-order valence-electron chi connectivity index (χ2n) is 5.99. The molecule has 5 heteroatoms. The van der Waals surface area contributed by atoms with Crippen LogP contribution >= 0.6 is 0 Å². The van der Waals surface area contributed by atoms with Crippen LogP contribution in [0.3, 0.4) is 0 Å². The highest BCUT2D eigenvalue weighted by molar-refractivity contribution is 6.10. The molecule has 126 valence electrons. The molecule has 1 fully saturated rings. The first kappa shape index (κ1) is 15.5. The van der Waals surface area contributed by atoms with Crippen molar-refractivity contribution in [1.29, 1.82) is 0 Å². The van der Waals surface area contributed by atoms with Crippen molar-refractivity contribution in [3.8, 4) is 0 Å². The molecular formula is C18H28N4O. The van der Waals surface area contributed by atoms with E-state index in [1.54, 1.807) is 24.4 Å². The summed E-state index contributed by atoms with van der Waals surface area (Å²) in [6.07, 6.45) is 5.19. The van der Waals surface area contributed by atoms with Gasteiger partial charge in [-0.05, 0) is 43.0 Å². The number of ketones is 1. The summed E-state index contributed by atoms with van der Waals surface area (Å²) in [5, 5.41) is 0. The minimum Gasteiger partial charge on any atom is -0.383 e. The van der Waals surface area contributed by atoms with E-state index in [4.69, 9.17) is 5.73 Å². The Kier molecular flexibility index (Phi) is 4.55. The minimum atomic E-state index is -0.180. The van der Waals surface area contributed by atoms with Gasteiger partial charge in [0.05, 0.1) is 5.56 Å². The zero-order valence-corrected chi connectivity index (χ0v) is 13.4. The molecule has 1 saturated heterocycles. The zero-order chi connectivity index (χ0) is 16.2. The predicted molar refractivity (Wildman–Crippen MR) is 97.9 cm³/mol. The number of carbonyl (C=O) groups is 1. The lowest BCUT2D eigenvalue weighted by Gasteiger charge is -2.32. The summed E-state index contributed by atoms with van der Waals surface area (Å²) in [5.41, 5.74) is 6.62. The maximum atomic E-state index is 12.6. The van der Waals surface area contributed by atoms with Crippen LogP contribution in [-0.4, -0.2) is 28.8 Å². The molecule has 1 aliphatic rings.